The summed E-state index contributed by atoms with van der Waals surface area (Å²) in [6.07, 6.45) is 1.45. The number of anilines is 1. The van der Waals surface area contributed by atoms with Gasteiger partial charge in [0.05, 0.1) is 17.4 Å². The van der Waals surface area contributed by atoms with Gasteiger partial charge in [-0.25, -0.2) is 4.98 Å². The molecule has 206 valence electrons. The van der Waals surface area contributed by atoms with Crippen LogP contribution in [-0.4, -0.2) is 31.3 Å². The molecule has 1 atom stereocenters. The highest BCUT2D eigenvalue weighted by atomic mass is 16.6. The predicted molar refractivity (Wildman–Crippen MR) is 155 cm³/mol. The van der Waals surface area contributed by atoms with Crippen molar-refractivity contribution in [2.45, 2.75) is 25.9 Å². The topological polar surface area (TPSA) is 139 Å². The number of carbonyl (C=O) groups excluding carboxylic acids is 1. The zero-order chi connectivity index (χ0) is 28.9. The Bertz CT molecular complexity index is 1710. The molecule has 3 N–H and O–H groups in total. The number of carboxylic acid groups (broad SMARTS) is 1. The number of pyridine rings is 1. The molecular formula is C31H27N5O5. The van der Waals surface area contributed by atoms with Gasteiger partial charge in [-0.05, 0) is 42.3 Å². The first-order chi connectivity index (χ1) is 19.8. The molecule has 0 aliphatic carbocycles. The van der Waals surface area contributed by atoms with Gasteiger partial charge in [-0.2, -0.15) is 0 Å². The fraction of sp³-hybridized carbons (Fsp3) is 0.129. The van der Waals surface area contributed by atoms with Gasteiger partial charge in [-0.15, -0.1) is 0 Å². The number of fused-ring (bicyclic) bond motifs is 1. The maximum absolute atomic E-state index is 13.3. The number of carboxylic acids is 1. The lowest BCUT2D eigenvalue weighted by Crippen LogP contribution is -2.30. The first-order valence-corrected chi connectivity index (χ1v) is 12.9. The summed E-state index contributed by atoms with van der Waals surface area (Å²) in [6.45, 7) is 2.44. The molecular weight excluding hydrogens is 522 g/mol. The van der Waals surface area contributed by atoms with Crippen molar-refractivity contribution in [3.63, 3.8) is 0 Å². The molecule has 1 unspecified atom stereocenters. The van der Waals surface area contributed by atoms with Crippen LogP contribution in [0.3, 0.4) is 0 Å². The van der Waals surface area contributed by atoms with E-state index in [1.54, 1.807) is 30.5 Å². The first kappa shape index (κ1) is 27.1. The minimum absolute atomic E-state index is 0.0280. The fourth-order valence-corrected chi connectivity index (χ4v) is 4.55. The Hall–Kier alpha value is -5.51. The van der Waals surface area contributed by atoms with Crippen LogP contribution in [0.15, 0.2) is 97.2 Å². The van der Waals surface area contributed by atoms with Crippen LogP contribution >= 0.6 is 0 Å². The second kappa shape index (κ2) is 11.7. The Labute approximate surface area is 235 Å². The third-order valence-electron chi connectivity index (χ3n) is 6.71. The predicted octanol–water partition coefficient (Wildman–Crippen LogP) is 5.78. The van der Waals surface area contributed by atoms with Gasteiger partial charge in [0.25, 0.3) is 11.6 Å². The highest BCUT2D eigenvalue weighted by Crippen LogP contribution is 2.31. The lowest BCUT2D eigenvalue weighted by molar-refractivity contribution is -0.384. The number of rotatable bonds is 10. The van der Waals surface area contributed by atoms with Crippen molar-refractivity contribution in [3.05, 3.63) is 130 Å². The van der Waals surface area contributed by atoms with Crippen molar-refractivity contribution in [1.29, 1.82) is 0 Å². The molecule has 41 heavy (non-hydrogen) atoms. The van der Waals surface area contributed by atoms with Gasteiger partial charge in [-0.3, -0.25) is 24.1 Å². The van der Waals surface area contributed by atoms with E-state index >= 15 is 0 Å². The van der Waals surface area contributed by atoms with Crippen LogP contribution < -0.4 is 10.6 Å². The average molecular weight is 550 g/mol. The number of nitro benzene ring substituents is 1. The zero-order valence-corrected chi connectivity index (χ0v) is 22.2. The summed E-state index contributed by atoms with van der Waals surface area (Å²) < 4.78 is 1.81. The Morgan fingerprint density at radius 1 is 1.00 bits per heavy atom. The minimum Gasteiger partial charge on any atom is -0.481 e. The molecule has 3 aromatic carbocycles. The van der Waals surface area contributed by atoms with Crippen molar-refractivity contribution in [2.75, 3.05) is 5.32 Å². The Morgan fingerprint density at radius 2 is 1.71 bits per heavy atom. The maximum atomic E-state index is 13.3. The van der Waals surface area contributed by atoms with Gasteiger partial charge in [-0.1, -0.05) is 60.2 Å². The lowest BCUT2D eigenvalue weighted by atomic mass is 10.0. The highest BCUT2D eigenvalue weighted by Gasteiger charge is 2.21. The molecule has 10 heteroatoms. The zero-order valence-electron chi connectivity index (χ0n) is 22.2. The van der Waals surface area contributed by atoms with Crippen LogP contribution in [0.25, 0.3) is 16.9 Å². The summed E-state index contributed by atoms with van der Waals surface area (Å²) in [4.78, 5) is 40.3. The molecule has 0 aliphatic heterocycles. The number of imidazole rings is 1. The SMILES string of the molecule is Cc1ccc(C(CC(=O)O)NC(=O)c2ccn3c(NCc4ccccc4)c(-c4ccc([N+](=O)[O-])cc4)nc3c2)cc1. The highest BCUT2D eigenvalue weighted by molar-refractivity contribution is 5.96. The number of nitrogens with zero attached hydrogens (tertiary/aromatic N) is 3. The molecule has 0 saturated carbocycles. The normalized spacial score (nSPS) is 11.6. The number of hydrogen-bond acceptors (Lipinski definition) is 6. The number of aryl methyl sites for hydroxylation is 1. The van der Waals surface area contributed by atoms with E-state index in [2.05, 4.69) is 10.6 Å². The van der Waals surface area contributed by atoms with Crippen molar-refractivity contribution >= 4 is 29.0 Å². The molecule has 10 nitrogen and oxygen atoms in total. The van der Waals surface area contributed by atoms with Crippen molar-refractivity contribution in [2.24, 2.45) is 0 Å². The van der Waals surface area contributed by atoms with E-state index in [-0.39, 0.29) is 12.1 Å². The number of benzene rings is 3. The third kappa shape index (κ3) is 6.22. The summed E-state index contributed by atoms with van der Waals surface area (Å²) in [6, 6.07) is 25.9. The molecule has 0 spiro atoms. The van der Waals surface area contributed by atoms with Gasteiger partial charge in [0.2, 0.25) is 0 Å². The molecule has 2 aromatic heterocycles. The Balaban J connectivity index is 1.48. The smallest absolute Gasteiger partial charge is 0.305 e. The molecule has 0 saturated heterocycles. The van der Waals surface area contributed by atoms with Gasteiger partial charge >= 0.3 is 5.97 Å². The Morgan fingerprint density at radius 3 is 2.37 bits per heavy atom. The van der Waals surface area contributed by atoms with Crippen LogP contribution in [0, 0.1) is 17.0 Å². The van der Waals surface area contributed by atoms with Crippen molar-refractivity contribution < 1.29 is 19.6 Å². The number of carbonyl (C=O) groups is 2. The lowest BCUT2D eigenvalue weighted by Gasteiger charge is -2.18. The van der Waals surface area contributed by atoms with Crippen LogP contribution in [0.5, 0.6) is 0 Å². The molecule has 0 radical (unpaired) electrons. The summed E-state index contributed by atoms with van der Waals surface area (Å²) in [5.41, 5.74) is 4.77. The second-order valence-corrected chi connectivity index (χ2v) is 9.63. The van der Waals surface area contributed by atoms with Crippen molar-refractivity contribution in [3.8, 4) is 11.3 Å². The van der Waals surface area contributed by atoms with E-state index in [0.717, 1.165) is 11.1 Å². The van der Waals surface area contributed by atoms with Gasteiger partial charge < -0.3 is 15.7 Å². The molecule has 0 fully saturated rings. The molecule has 1 amide bonds. The first-order valence-electron chi connectivity index (χ1n) is 12.9. The van der Waals surface area contributed by atoms with Gasteiger partial charge in [0.1, 0.15) is 17.2 Å². The van der Waals surface area contributed by atoms with Crippen LogP contribution in [0.4, 0.5) is 11.5 Å². The van der Waals surface area contributed by atoms with Gasteiger partial charge in [0.15, 0.2) is 0 Å². The third-order valence-corrected chi connectivity index (χ3v) is 6.71. The van der Waals surface area contributed by atoms with E-state index in [1.165, 1.54) is 12.1 Å². The number of nitro groups is 1. The number of amides is 1. The van der Waals surface area contributed by atoms with E-state index < -0.39 is 22.8 Å². The fourth-order valence-electron chi connectivity index (χ4n) is 4.55. The molecule has 5 aromatic rings. The average Bonchev–Trinajstić information content (AvgIpc) is 3.34. The quantitative estimate of drug-likeness (QED) is 0.148. The Kier molecular flexibility index (Phi) is 7.73. The summed E-state index contributed by atoms with van der Waals surface area (Å²) in [5, 5.41) is 26.9. The number of hydrogen-bond donors (Lipinski definition) is 3. The summed E-state index contributed by atoms with van der Waals surface area (Å²) in [5.74, 6) is -0.799. The largest absolute Gasteiger partial charge is 0.481 e. The van der Waals surface area contributed by atoms with E-state index in [0.29, 0.717) is 40.4 Å². The molecule has 0 aliphatic rings. The second-order valence-electron chi connectivity index (χ2n) is 9.63. The maximum Gasteiger partial charge on any atom is 0.305 e. The number of aromatic nitrogens is 2. The summed E-state index contributed by atoms with van der Waals surface area (Å²) >= 11 is 0. The van der Waals surface area contributed by atoms with E-state index in [4.69, 9.17) is 4.98 Å². The monoisotopic (exact) mass is 549 g/mol. The van der Waals surface area contributed by atoms with Crippen molar-refractivity contribution in [1.82, 2.24) is 14.7 Å². The van der Waals surface area contributed by atoms with E-state index in [1.807, 2.05) is 65.9 Å². The number of non-ortho nitro benzene ring substituents is 1. The molecule has 0 bridgehead atoms. The number of nitrogens with one attached hydrogen (secondary N) is 2. The van der Waals surface area contributed by atoms with Crippen LogP contribution in [0.1, 0.15) is 39.5 Å². The minimum atomic E-state index is -1.03. The van der Waals surface area contributed by atoms with E-state index in [9.17, 15) is 24.8 Å². The van der Waals surface area contributed by atoms with Crippen LogP contribution in [-0.2, 0) is 11.3 Å². The van der Waals surface area contributed by atoms with Crippen LogP contribution in [0.2, 0.25) is 0 Å². The number of aliphatic carboxylic acids is 1. The summed E-state index contributed by atoms with van der Waals surface area (Å²) in [7, 11) is 0. The van der Waals surface area contributed by atoms with Gasteiger partial charge in [0, 0.05) is 36.0 Å². The molecule has 5 rings (SSSR count). The molecule has 2 heterocycles. The standard InChI is InChI=1S/C31H27N5O5/c1-20-7-9-22(10-8-20)26(18-28(37)38)33-31(39)24-15-16-35-27(17-24)34-29(23-11-13-25(14-12-23)36(40)41)30(35)32-19-21-5-3-2-4-6-21/h2-17,26,32H,18-19H2,1H3,(H,33,39)(H,37,38).